The number of aromatic nitrogens is 2. The van der Waals surface area contributed by atoms with E-state index in [2.05, 4.69) is 15.5 Å². The maximum absolute atomic E-state index is 13.1. The highest BCUT2D eigenvalue weighted by molar-refractivity contribution is 5.96. The van der Waals surface area contributed by atoms with E-state index in [9.17, 15) is 22.8 Å². The number of hydrogen-bond donors (Lipinski definition) is 2. The maximum Gasteiger partial charge on any atom is 0.417 e. The predicted octanol–water partition coefficient (Wildman–Crippen LogP) is 1.95. The third kappa shape index (κ3) is 4.30. The summed E-state index contributed by atoms with van der Waals surface area (Å²) in [4.78, 5) is 26.6. The molecule has 1 aliphatic rings. The van der Waals surface area contributed by atoms with Crippen LogP contribution in [0.1, 0.15) is 15.9 Å². The maximum atomic E-state index is 13.1. The molecule has 1 aromatic heterocycles. The van der Waals surface area contributed by atoms with Crippen molar-refractivity contribution >= 4 is 23.6 Å². The first-order valence-corrected chi connectivity index (χ1v) is 8.36. The largest absolute Gasteiger partial charge is 0.417 e. The van der Waals surface area contributed by atoms with Crippen LogP contribution in [0.2, 0.25) is 0 Å². The first kappa shape index (κ1) is 19.4. The lowest BCUT2D eigenvalue weighted by Gasteiger charge is -2.35. The molecular weight excluding hydrogens is 377 g/mol. The molecule has 0 radical (unpaired) electrons. The average Bonchev–Trinajstić information content (AvgIpc) is 2.67. The van der Waals surface area contributed by atoms with E-state index in [1.165, 1.54) is 29.2 Å². The number of nitrogens with two attached hydrogens (primary N) is 1. The summed E-state index contributed by atoms with van der Waals surface area (Å²) in [5.74, 6) is 0.0753. The number of alkyl halides is 3. The van der Waals surface area contributed by atoms with Crippen molar-refractivity contribution in [2.75, 3.05) is 36.4 Å². The van der Waals surface area contributed by atoms with Crippen molar-refractivity contribution in [1.82, 2.24) is 15.1 Å². The zero-order valence-electron chi connectivity index (χ0n) is 14.6. The minimum Gasteiger partial charge on any atom is -0.352 e. The number of nitrogens with zero attached hydrogens (tertiary/aromatic N) is 4. The molecule has 0 saturated carbocycles. The van der Waals surface area contributed by atoms with Crippen LogP contribution in [-0.2, 0) is 6.18 Å². The van der Waals surface area contributed by atoms with Crippen LogP contribution in [0.3, 0.4) is 0 Å². The molecule has 1 fully saturated rings. The lowest BCUT2D eigenvalue weighted by Crippen LogP contribution is -2.49. The normalized spacial score (nSPS) is 14.7. The summed E-state index contributed by atoms with van der Waals surface area (Å²) in [6.45, 7) is 1.26. The minimum absolute atomic E-state index is 0.203. The first-order valence-electron chi connectivity index (χ1n) is 8.36. The summed E-state index contributed by atoms with van der Waals surface area (Å²) in [7, 11) is 0. The van der Waals surface area contributed by atoms with Crippen LogP contribution in [0, 0.1) is 0 Å². The van der Waals surface area contributed by atoms with Gasteiger partial charge in [-0.1, -0.05) is 12.1 Å². The first-order chi connectivity index (χ1) is 13.3. The number of carbonyl (C=O) groups excluding carboxylic acids is 2. The van der Waals surface area contributed by atoms with E-state index in [1.54, 1.807) is 6.07 Å². The molecule has 1 aromatic carbocycles. The highest BCUT2D eigenvalue weighted by Crippen LogP contribution is 2.32. The van der Waals surface area contributed by atoms with E-state index < -0.39 is 23.7 Å². The SMILES string of the molecule is NC(=O)Nc1ccc(N2CCN(C(=O)c3ccccc3C(F)(F)F)CC2)nn1. The molecule has 3 amide bonds. The second-order valence-electron chi connectivity index (χ2n) is 6.09. The number of piperazine rings is 1. The van der Waals surface area contributed by atoms with Crippen molar-refractivity contribution < 1.29 is 22.8 Å². The van der Waals surface area contributed by atoms with Crippen molar-refractivity contribution in [3.8, 4) is 0 Å². The standard InChI is InChI=1S/C17H17F3N6O2/c18-17(19,20)12-4-2-1-3-11(12)15(27)26-9-7-25(8-10-26)14-6-5-13(23-24-14)22-16(21)28/h1-6H,7-10H2,(H3,21,22,23,28). The van der Waals surface area contributed by atoms with Gasteiger partial charge in [0, 0.05) is 26.2 Å². The summed E-state index contributed by atoms with van der Waals surface area (Å²) in [6, 6.07) is 7.17. The molecule has 1 aliphatic heterocycles. The molecule has 3 N–H and O–H groups in total. The summed E-state index contributed by atoms with van der Waals surface area (Å²) >= 11 is 0. The van der Waals surface area contributed by atoms with Gasteiger partial charge in [0.2, 0.25) is 0 Å². The van der Waals surface area contributed by atoms with Crippen molar-refractivity contribution in [2.24, 2.45) is 5.73 Å². The smallest absolute Gasteiger partial charge is 0.352 e. The second-order valence-corrected chi connectivity index (χ2v) is 6.09. The number of anilines is 2. The van der Waals surface area contributed by atoms with Gasteiger partial charge in [0.15, 0.2) is 11.6 Å². The van der Waals surface area contributed by atoms with E-state index in [0.717, 1.165) is 6.07 Å². The average molecular weight is 394 g/mol. The summed E-state index contributed by atoms with van der Waals surface area (Å²) < 4.78 is 39.4. The third-order valence-electron chi connectivity index (χ3n) is 4.26. The molecule has 2 aromatic rings. The molecule has 3 rings (SSSR count). The highest BCUT2D eigenvalue weighted by Gasteiger charge is 2.36. The van der Waals surface area contributed by atoms with Crippen molar-refractivity contribution in [3.63, 3.8) is 0 Å². The number of rotatable bonds is 3. The van der Waals surface area contributed by atoms with Crippen LogP contribution >= 0.6 is 0 Å². The Morgan fingerprint density at radius 2 is 1.68 bits per heavy atom. The molecule has 2 heterocycles. The quantitative estimate of drug-likeness (QED) is 0.828. The van der Waals surface area contributed by atoms with Crippen molar-refractivity contribution in [3.05, 3.63) is 47.5 Å². The Balaban J connectivity index is 1.66. The zero-order chi connectivity index (χ0) is 20.3. The third-order valence-corrected chi connectivity index (χ3v) is 4.26. The van der Waals surface area contributed by atoms with Gasteiger partial charge in [-0.2, -0.15) is 13.2 Å². The Hall–Kier alpha value is -3.37. The molecule has 8 nitrogen and oxygen atoms in total. The number of urea groups is 1. The summed E-state index contributed by atoms with van der Waals surface area (Å²) in [5, 5.41) is 10.1. The highest BCUT2D eigenvalue weighted by atomic mass is 19.4. The predicted molar refractivity (Wildman–Crippen MR) is 94.8 cm³/mol. The molecule has 0 spiro atoms. The number of amides is 3. The van der Waals surface area contributed by atoms with Gasteiger partial charge in [-0.15, -0.1) is 10.2 Å². The lowest BCUT2D eigenvalue weighted by atomic mass is 10.1. The number of nitrogens with one attached hydrogen (secondary N) is 1. The Kier molecular flexibility index (Phi) is 5.34. The van der Waals surface area contributed by atoms with E-state index in [-0.39, 0.29) is 24.5 Å². The van der Waals surface area contributed by atoms with Gasteiger partial charge in [0.1, 0.15) is 0 Å². The van der Waals surface area contributed by atoms with E-state index in [4.69, 9.17) is 5.73 Å². The molecule has 0 unspecified atom stereocenters. The monoisotopic (exact) mass is 394 g/mol. The van der Waals surface area contributed by atoms with Gasteiger partial charge in [-0.3, -0.25) is 10.1 Å². The molecular formula is C17H17F3N6O2. The van der Waals surface area contributed by atoms with Crippen LogP contribution in [0.15, 0.2) is 36.4 Å². The number of halogens is 3. The van der Waals surface area contributed by atoms with E-state index >= 15 is 0 Å². The van der Waals surface area contributed by atoms with Crippen molar-refractivity contribution in [1.29, 1.82) is 0 Å². The van der Waals surface area contributed by atoms with Gasteiger partial charge in [-0.25, -0.2) is 4.79 Å². The molecule has 1 saturated heterocycles. The number of hydrogen-bond acceptors (Lipinski definition) is 5. The van der Waals surface area contributed by atoms with Gasteiger partial charge in [-0.05, 0) is 24.3 Å². The molecule has 0 aliphatic carbocycles. The van der Waals surface area contributed by atoms with Crippen molar-refractivity contribution in [2.45, 2.75) is 6.18 Å². The molecule has 28 heavy (non-hydrogen) atoms. The van der Waals surface area contributed by atoms with Gasteiger partial charge in [0.05, 0.1) is 11.1 Å². The second kappa shape index (κ2) is 7.71. The topological polar surface area (TPSA) is 104 Å². The van der Waals surface area contributed by atoms with E-state index in [1.807, 2.05) is 4.90 Å². The molecule has 0 bridgehead atoms. The summed E-state index contributed by atoms with van der Waals surface area (Å²) in [5.41, 5.74) is 3.70. The van der Waals surface area contributed by atoms with Crippen LogP contribution in [0.5, 0.6) is 0 Å². The van der Waals surface area contributed by atoms with E-state index in [0.29, 0.717) is 18.9 Å². The van der Waals surface area contributed by atoms with Gasteiger partial charge >= 0.3 is 12.2 Å². The van der Waals surface area contributed by atoms with Crippen LogP contribution in [0.25, 0.3) is 0 Å². The zero-order valence-corrected chi connectivity index (χ0v) is 14.6. The minimum atomic E-state index is -4.59. The molecule has 0 atom stereocenters. The molecule has 148 valence electrons. The Labute approximate surface area is 158 Å². The Morgan fingerprint density at radius 1 is 1.00 bits per heavy atom. The Bertz CT molecular complexity index is 864. The number of carbonyl (C=O) groups is 2. The van der Waals surface area contributed by atoms with Crippen LogP contribution in [0.4, 0.5) is 29.6 Å². The fourth-order valence-corrected chi connectivity index (χ4v) is 2.91. The van der Waals surface area contributed by atoms with Crippen LogP contribution in [-0.4, -0.2) is 53.2 Å². The molecule has 11 heteroatoms. The van der Waals surface area contributed by atoms with Gasteiger partial charge in [0.25, 0.3) is 5.91 Å². The number of primary amides is 1. The van der Waals surface area contributed by atoms with Gasteiger partial charge < -0.3 is 15.5 Å². The summed E-state index contributed by atoms with van der Waals surface area (Å²) in [6.07, 6.45) is -4.59. The van der Waals surface area contributed by atoms with Crippen LogP contribution < -0.4 is 16.0 Å². The Morgan fingerprint density at radius 3 is 2.25 bits per heavy atom. The lowest BCUT2D eigenvalue weighted by molar-refractivity contribution is -0.138. The number of benzene rings is 1. The fourth-order valence-electron chi connectivity index (χ4n) is 2.91. The fraction of sp³-hybridized carbons (Fsp3) is 0.294.